The highest BCUT2D eigenvalue weighted by molar-refractivity contribution is 5.93. The van der Waals surface area contributed by atoms with Gasteiger partial charge in [-0.05, 0) is 26.8 Å². The van der Waals surface area contributed by atoms with Gasteiger partial charge in [-0.3, -0.25) is 19.8 Å². The number of amides is 1. The highest BCUT2D eigenvalue weighted by Crippen LogP contribution is 2.10. The number of anilines is 1. The maximum absolute atomic E-state index is 12.0. The molecule has 0 aromatic carbocycles. The summed E-state index contributed by atoms with van der Waals surface area (Å²) in [5.41, 5.74) is 0.666. The van der Waals surface area contributed by atoms with Crippen LogP contribution < -0.4 is 5.32 Å². The van der Waals surface area contributed by atoms with Crippen LogP contribution in [0.2, 0.25) is 0 Å². The van der Waals surface area contributed by atoms with Crippen molar-refractivity contribution in [3.05, 3.63) is 11.8 Å². The third-order valence-electron chi connectivity index (χ3n) is 2.65. The molecule has 0 aliphatic rings. The molecule has 0 saturated carbocycles. The Hall–Kier alpha value is -1.89. The summed E-state index contributed by atoms with van der Waals surface area (Å²) in [6, 6.07) is 1.05. The van der Waals surface area contributed by atoms with Crippen molar-refractivity contribution >= 4 is 17.8 Å². The van der Waals surface area contributed by atoms with Crippen molar-refractivity contribution in [2.45, 2.75) is 33.2 Å². The average Bonchev–Trinajstić information content (AvgIpc) is 2.72. The Bertz CT molecular complexity index is 444. The van der Waals surface area contributed by atoms with Gasteiger partial charge >= 0.3 is 5.97 Å². The quantitative estimate of drug-likeness (QED) is 0.769. The van der Waals surface area contributed by atoms with Gasteiger partial charge in [-0.15, -0.1) is 0 Å². The minimum absolute atomic E-state index is 0.169. The fourth-order valence-corrected chi connectivity index (χ4v) is 1.68. The van der Waals surface area contributed by atoms with Crippen LogP contribution in [0.4, 0.5) is 5.88 Å². The number of carboxylic acid groups (broad SMARTS) is 1. The number of aryl methyl sites for hydroxylation is 1. The normalized spacial score (nSPS) is 12.4. The number of carbonyl (C=O) groups is 2. The minimum Gasteiger partial charge on any atom is -0.480 e. The van der Waals surface area contributed by atoms with Gasteiger partial charge in [0.2, 0.25) is 11.8 Å². The van der Waals surface area contributed by atoms with Crippen LogP contribution in [0.25, 0.3) is 0 Å². The Balaban J connectivity index is 2.64. The molecule has 19 heavy (non-hydrogen) atoms. The smallest absolute Gasteiger partial charge is 0.317 e. The zero-order chi connectivity index (χ0) is 14.4. The number of nitrogens with zero attached hydrogens (tertiary/aromatic N) is 2. The molecule has 1 rings (SSSR count). The van der Waals surface area contributed by atoms with E-state index in [1.54, 1.807) is 24.8 Å². The van der Waals surface area contributed by atoms with Gasteiger partial charge in [0.25, 0.3) is 0 Å². The van der Waals surface area contributed by atoms with E-state index in [0.717, 1.165) is 6.42 Å². The van der Waals surface area contributed by atoms with E-state index in [1.165, 1.54) is 0 Å². The molecular weight excluding hydrogens is 250 g/mol. The molecule has 1 aromatic rings. The lowest BCUT2D eigenvalue weighted by Gasteiger charge is -2.25. The van der Waals surface area contributed by atoms with Gasteiger partial charge in [0.15, 0.2) is 0 Å². The average molecular weight is 269 g/mol. The maximum Gasteiger partial charge on any atom is 0.317 e. The Morgan fingerprint density at radius 2 is 2.26 bits per heavy atom. The van der Waals surface area contributed by atoms with Gasteiger partial charge in [0.05, 0.1) is 18.3 Å². The number of hydrogen-bond acceptors (Lipinski definition) is 5. The number of aromatic nitrogens is 1. The highest BCUT2D eigenvalue weighted by Gasteiger charge is 2.23. The van der Waals surface area contributed by atoms with Gasteiger partial charge in [0, 0.05) is 6.07 Å². The molecule has 1 amide bonds. The second-order valence-electron chi connectivity index (χ2n) is 4.36. The summed E-state index contributed by atoms with van der Waals surface area (Å²) in [6.45, 7) is 5.71. The van der Waals surface area contributed by atoms with Crippen molar-refractivity contribution in [2.75, 3.05) is 18.4 Å². The predicted molar refractivity (Wildman–Crippen MR) is 68.8 cm³/mol. The molecule has 0 fully saturated rings. The van der Waals surface area contributed by atoms with E-state index in [-0.39, 0.29) is 18.3 Å². The molecule has 0 saturated heterocycles. The van der Waals surface area contributed by atoms with E-state index in [0.29, 0.717) is 12.2 Å². The van der Waals surface area contributed by atoms with Gasteiger partial charge in [0.1, 0.15) is 0 Å². The van der Waals surface area contributed by atoms with E-state index < -0.39 is 12.0 Å². The number of carboxylic acids is 1. The number of carbonyl (C=O) groups excluding carboxylic acids is 1. The fourth-order valence-electron chi connectivity index (χ4n) is 1.68. The topological polar surface area (TPSA) is 95.7 Å². The summed E-state index contributed by atoms with van der Waals surface area (Å²) in [4.78, 5) is 24.4. The molecule has 106 valence electrons. The predicted octanol–water partition coefficient (Wildman–Crippen LogP) is 1.11. The van der Waals surface area contributed by atoms with Crippen molar-refractivity contribution in [2.24, 2.45) is 0 Å². The Morgan fingerprint density at radius 3 is 2.74 bits per heavy atom. The molecule has 0 radical (unpaired) electrons. The fraction of sp³-hybridized carbons (Fsp3) is 0.583. The Kier molecular flexibility index (Phi) is 5.50. The van der Waals surface area contributed by atoms with Crippen molar-refractivity contribution in [1.82, 2.24) is 10.1 Å². The van der Waals surface area contributed by atoms with Crippen molar-refractivity contribution in [1.29, 1.82) is 0 Å². The maximum atomic E-state index is 12.0. The Morgan fingerprint density at radius 1 is 1.58 bits per heavy atom. The monoisotopic (exact) mass is 269 g/mol. The molecule has 1 atom stereocenters. The summed E-state index contributed by atoms with van der Waals surface area (Å²) >= 11 is 0. The second-order valence-corrected chi connectivity index (χ2v) is 4.36. The standard InChI is InChI=1S/C12H19N3O4/c1-4-5-15(7-11(16)17)9(3)12(18)13-10-6-8(2)14-19-10/h6,9H,4-5,7H2,1-3H3,(H,13,18)(H,16,17). The van der Waals surface area contributed by atoms with Crippen LogP contribution >= 0.6 is 0 Å². The minimum atomic E-state index is -0.955. The van der Waals surface area contributed by atoms with Crippen molar-refractivity contribution in [3.63, 3.8) is 0 Å². The summed E-state index contributed by atoms with van der Waals surface area (Å²) in [5.74, 6) is -1.00. The zero-order valence-corrected chi connectivity index (χ0v) is 11.3. The van der Waals surface area contributed by atoms with E-state index in [9.17, 15) is 9.59 Å². The first kappa shape index (κ1) is 15.2. The number of aliphatic carboxylic acids is 1. The molecule has 0 spiro atoms. The molecule has 1 unspecified atom stereocenters. The van der Waals surface area contributed by atoms with Crippen LogP contribution in [0.15, 0.2) is 10.6 Å². The number of hydrogen-bond donors (Lipinski definition) is 2. The summed E-state index contributed by atoms with van der Waals surface area (Å²) in [6.07, 6.45) is 0.770. The van der Waals surface area contributed by atoms with Crippen LogP contribution in [-0.2, 0) is 9.59 Å². The summed E-state index contributed by atoms with van der Waals surface area (Å²) < 4.78 is 4.89. The molecule has 0 bridgehead atoms. The van der Waals surface area contributed by atoms with Gasteiger partial charge in [-0.25, -0.2) is 0 Å². The van der Waals surface area contributed by atoms with Gasteiger partial charge in [-0.2, -0.15) is 0 Å². The highest BCUT2D eigenvalue weighted by atomic mass is 16.5. The molecule has 0 aliphatic carbocycles. The van der Waals surface area contributed by atoms with Gasteiger partial charge < -0.3 is 9.63 Å². The van der Waals surface area contributed by atoms with E-state index in [4.69, 9.17) is 9.63 Å². The first-order chi connectivity index (χ1) is 8.93. The molecule has 1 heterocycles. The van der Waals surface area contributed by atoms with E-state index >= 15 is 0 Å². The van der Waals surface area contributed by atoms with Gasteiger partial charge in [-0.1, -0.05) is 12.1 Å². The zero-order valence-electron chi connectivity index (χ0n) is 11.3. The summed E-state index contributed by atoms with van der Waals surface area (Å²) in [7, 11) is 0. The lowest BCUT2D eigenvalue weighted by Crippen LogP contribution is -2.44. The van der Waals surface area contributed by atoms with Crippen LogP contribution in [0.1, 0.15) is 26.0 Å². The molecule has 2 N–H and O–H groups in total. The summed E-state index contributed by atoms with van der Waals surface area (Å²) in [5, 5.41) is 15.1. The first-order valence-corrected chi connectivity index (χ1v) is 6.14. The number of rotatable bonds is 7. The van der Waals surface area contributed by atoms with Crippen molar-refractivity contribution < 1.29 is 19.2 Å². The third kappa shape index (κ3) is 4.70. The second kappa shape index (κ2) is 6.89. The molecule has 1 aromatic heterocycles. The Labute approximate surface area is 111 Å². The molecule has 7 nitrogen and oxygen atoms in total. The van der Waals surface area contributed by atoms with Crippen LogP contribution in [0, 0.1) is 6.92 Å². The largest absolute Gasteiger partial charge is 0.480 e. The van der Waals surface area contributed by atoms with Crippen LogP contribution in [0.3, 0.4) is 0 Å². The van der Waals surface area contributed by atoms with Crippen molar-refractivity contribution in [3.8, 4) is 0 Å². The van der Waals surface area contributed by atoms with Crippen LogP contribution in [0.5, 0.6) is 0 Å². The number of nitrogens with one attached hydrogen (secondary N) is 1. The van der Waals surface area contributed by atoms with E-state index in [2.05, 4.69) is 10.5 Å². The SMILES string of the molecule is CCCN(CC(=O)O)C(C)C(=O)Nc1cc(C)no1. The first-order valence-electron chi connectivity index (χ1n) is 6.14. The lowest BCUT2D eigenvalue weighted by molar-refractivity contribution is -0.139. The molecular formula is C12H19N3O4. The third-order valence-corrected chi connectivity index (χ3v) is 2.65. The molecule has 7 heteroatoms. The lowest BCUT2D eigenvalue weighted by atomic mass is 10.2. The van der Waals surface area contributed by atoms with E-state index in [1.807, 2.05) is 6.92 Å². The van der Waals surface area contributed by atoms with Crippen LogP contribution in [-0.4, -0.2) is 46.2 Å². The molecule has 0 aliphatic heterocycles.